The summed E-state index contributed by atoms with van der Waals surface area (Å²) in [5.41, 5.74) is -1.36. The van der Waals surface area contributed by atoms with Crippen molar-refractivity contribution in [2.24, 2.45) is 0 Å². The highest BCUT2D eigenvalue weighted by Crippen LogP contribution is 2.47. The number of halogens is 1. The van der Waals surface area contributed by atoms with Crippen LogP contribution in [-0.2, 0) is 30.0 Å². The van der Waals surface area contributed by atoms with Gasteiger partial charge in [0, 0.05) is 11.8 Å². The summed E-state index contributed by atoms with van der Waals surface area (Å²) in [7, 11) is -4.36. The standard InChI is InChI=1S/C29H29FN3O9P/c1-18(28(36)39-16-19-8-3-2-4-9-19)32-43(38,42-24-13-7-11-20-10-5-6-12-21(20)24)40-17-25-23(34)14-26(41-25)33-15-22(30)27(35)31-29(33)37/h2-13,15,18,23,25-26,34H,14,16-17H2,1H3,(H,32,38)(H,31,35,37)/t18?,23-,25?,26-,43?/m1/s1. The Balaban J connectivity index is 1.33. The number of ether oxygens (including phenoxy) is 2. The summed E-state index contributed by atoms with van der Waals surface area (Å²) >= 11 is 0. The number of aliphatic hydroxyl groups excluding tert-OH is 1. The van der Waals surface area contributed by atoms with E-state index in [0.717, 1.165) is 15.5 Å². The maximum absolute atomic E-state index is 14.1. The molecule has 0 aliphatic carbocycles. The molecule has 0 amide bonds. The first-order valence-corrected chi connectivity index (χ1v) is 14.9. The van der Waals surface area contributed by atoms with Gasteiger partial charge < -0.3 is 19.1 Å². The summed E-state index contributed by atoms with van der Waals surface area (Å²) < 4.78 is 51.4. The smallest absolute Gasteiger partial charge is 0.459 e. The number of aromatic amines is 1. The largest absolute Gasteiger partial charge is 0.460 e. The van der Waals surface area contributed by atoms with Crippen molar-refractivity contribution in [3.8, 4) is 5.75 Å². The molecule has 4 aromatic rings. The molecule has 0 bridgehead atoms. The highest BCUT2D eigenvalue weighted by atomic mass is 31.2. The van der Waals surface area contributed by atoms with Gasteiger partial charge in [-0.1, -0.05) is 66.7 Å². The molecule has 3 unspecified atom stereocenters. The van der Waals surface area contributed by atoms with E-state index in [-0.39, 0.29) is 18.8 Å². The van der Waals surface area contributed by atoms with Crippen LogP contribution in [0.1, 0.15) is 25.1 Å². The Morgan fingerprint density at radius 2 is 1.86 bits per heavy atom. The summed E-state index contributed by atoms with van der Waals surface area (Å²) in [6.07, 6.45) is -2.95. The molecular formula is C29H29FN3O9P. The lowest BCUT2D eigenvalue weighted by molar-refractivity contribution is -0.146. The lowest BCUT2D eigenvalue weighted by atomic mass is 10.1. The number of aliphatic hydroxyl groups is 1. The van der Waals surface area contributed by atoms with Crippen molar-refractivity contribution in [3.63, 3.8) is 0 Å². The molecule has 1 aliphatic heterocycles. The summed E-state index contributed by atoms with van der Waals surface area (Å²) in [4.78, 5) is 38.2. The second-order valence-electron chi connectivity index (χ2n) is 9.88. The fourth-order valence-corrected chi connectivity index (χ4v) is 6.04. The van der Waals surface area contributed by atoms with Crippen LogP contribution in [-0.4, -0.2) is 45.5 Å². The molecule has 3 aromatic carbocycles. The molecule has 12 nitrogen and oxygen atoms in total. The Labute approximate surface area is 244 Å². The number of carbonyl (C=O) groups excluding carboxylic acids is 1. The Morgan fingerprint density at radius 3 is 2.65 bits per heavy atom. The number of nitrogens with one attached hydrogen (secondary N) is 2. The van der Waals surface area contributed by atoms with Gasteiger partial charge in [-0.05, 0) is 23.9 Å². The lowest BCUT2D eigenvalue weighted by Crippen LogP contribution is -2.36. The number of carbonyl (C=O) groups is 1. The number of esters is 1. The second kappa shape index (κ2) is 13.0. The van der Waals surface area contributed by atoms with Crippen LogP contribution in [0.15, 0.2) is 88.6 Å². The van der Waals surface area contributed by atoms with Crippen LogP contribution in [0.5, 0.6) is 5.75 Å². The molecule has 1 fully saturated rings. The number of hydrogen-bond acceptors (Lipinski definition) is 9. The fraction of sp³-hybridized carbons (Fsp3) is 0.276. The van der Waals surface area contributed by atoms with E-state index in [4.69, 9.17) is 18.5 Å². The number of H-pyrrole nitrogens is 1. The maximum atomic E-state index is 14.1. The van der Waals surface area contributed by atoms with Crippen molar-refractivity contribution < 1.29 is 37.4 Å². The predicted molar refractivity (Wildman–Crippen MR) is 153 cm³/mol. The second-order valence-corrected chi connectivity index (χ2v) is 11.6. The molecule has 3 N–H and O–H groups in total. The van der Waals surface area contributed by atoms with E-state index in [1.807, 2.05) is 29.2 Å². The first-order chi connectivity index (χ1) is 20.6. The minimum absolute atomic E-state index is 0.00472. The van der Waals surface area contributed by atoms with E-state index in [9.17, 15) is 28.4 Å². The van der Waals surface area contributed by atoms with Crippen LogP contribution in [0.4, 0.5) is 4.39 Å². The molecule has 0 saturated carbocycles. The van der Waals surface area contributed by atoms with Crippen molar-refractivity contribution in [2.45, 2.75) is 44.4 Å². The lowest BCUT2D eigenvalue weighted by Gasteiger charge is -2.25. The Morgan fingerprint density at radius 1 is 1.14 bits per heavy atom. The molecule has 0 radical (unpaired) electrons. The van der Waals surface area contributed by atoms with Crippen LogP contribution in [0, 0.1) is 5.82 Å². The van der Waals surface area contributed by atoms with E-state index in [2.05, 4.69) is 5.09 Å². The normalized spacial score (nSPS) is 20.4. The highest BCUT2D eigenvalue weighted by Gasteiger charge is 2.40. The quantitative estimate of drug-likeness (QED) is 0.169. The number of hydrogen-bond donors (Lipinski definition) is 3. The van der Waals surface area contributed by atoms with Gasteiger partial charge >= 0.3 is 19.4 Å². The molecule has 1 saturated heterocycles. The maximum Gasteiger partial charge on any atom is 0.459 e. The third-order valence-corrected chi connectivity index (χ3v) is 8.37. The molecule has 226 valence electrons. The van der Waals surface area contributed by atoms with Crippen molar-refractivity contribution in [1.82, 2.24) is 14.6 Å². The number of rotatable bonds is 11. The number of benzene rings is 3. The molecule has 1 aromatic heterocycles. The highest BCUT2D eigenvalue weighted by molar-refractivity contribution is 7.52. The molecular weight excluding hydrogens is 584 g/mol. The van der Waals surface area contributed by atoms with Crippen LogP contribution in [0.2, 0.25) is 0 Å². The molecule has 0 spiro atoms. The SMILES string of the molecule is CC(NP(=O)(OCC1O[C@@H](n2cc(F)c(=O)[nH]c2=O)C[C@H]1O)Oc1cccc2ccccc12)C(=O)OCc1ccccc1. The molecule has 5 rings (SSSR count). The average molecular weight is 614 g/mol. The van der Waals surface area contributed by atoms with Gasteiger partial charge in [0.1, 0.15) is 30.7 Å². The molecule has 43 heavy (non-hydrogen) atoms. The zero-order valence-corrected chi connectivity index (χ0v) is 23.8. The predicted octanol–water partition coefficient (Wildman–Crippen LogP) is 3.40. The molecule has 2 heterocycles. The topological polar surface area (TPSA) is 158 Å². The third-order valence-electron chi connectivity index (χ3n) is 6.74. The van der Waals surface area contributed by atoms with Gasteiger partial charge in [0.25, 0.3) is 5.56 Å². The fourth-order valence-electron chi connectivity index (χ4n) is 4.52. The van der Waals surface area contributed by atoms with Crippen LogP contribution in [0.3, 0.4) is 0 Å². The third kappa shape index (κ3) is 7.27. The van der Waals surface area contributed by atoms with Crippen LogP contribution < -0.4 is 20.9 Å². The number of fused-ring (bicyclic) bond motifs is 1. The van der Waals surface area contributed by atoms with Crippen LogP contribution in [0.25, 0.3) is 10.8 Å². The van der Waals surface area contributed by atoms with Gasteiger partial charge in [-0.25, -0.2) is 9.36 Å². The van der Waals surface area contributed by atoms with E-state index < -0.39 is 61.9 Å². The van der Waals surface area contributed by atoms with Gasteiger partial charge in [0.2, 0.25) is 5.82 Å². The van der Waals surface area contributed by atoms with Gasteiger partial charge in [-0.3, -0.25) is 23.7 Å². The van der Waals surface area contributed by atoms with E-state index in [1.165, 1.54) is 6.92 Å². The van der Waals surface area contributed by atoms with Gasteiger partial charge in [-0.2, -0.15) is 9.48 Å². The van der Waals surface area contributed by atoms with E-state index >= 15 is 0 Å². The monoisotopic (exact) mass is 613 g/mol. The van der Waals surface area contributed by atoms with Crippen molar-refractivity contribution in [3.05, 3.63) is 111 Å². The Hall–Kier alpha value is -4.13. The van der Waals surface area contributed by atoms with Crippen molar-refractivity contribution in [1.29, 1.82) is 0 Å². The summed E-state index contributed by atoms with van der Waals surface area (Å²) in [6.45, 7) is 0.929. The van der Waals surface area contributed by atoms with Crippen molar-refractivity contribution >= 4 is 24.5 Å². The van der Waals surface area contributed by atoms with Gasteiger partial charge in [0.05, 0.1) is 18.9 Å². The van der Waals surface area contributed by atoms with Crippen LogP contribution >= 0.6 is 7.75 Å². The minimum Gasteiger partial charge on any atom is -0.460 e. The number of aromatic nitrogens is 2. The summed E-state index contributed by atoms with van der Waals surface area (Å²) in [6, 6.07) is 20.2. The average Bonchev–Trinajstić information content (AvgIpc) is 3.37. The van der Waals surface area contributed by atoms with Crippen molar-refractivity contribution in [2.75, 3.05) is 6.61 Å². The summed E-state index contributed by atoms with van der Waals surface area (Å²) in [5, 5.41) is 14.6. The first-order valence-electron chi connectivity index (χ1n) is 13.4. The first kappa shape index (κ1) is 30.3. The number of nitrogens with zero attached hydrogens (tertiary/aromatic N) is 1. The molecule has 14 heteroatoms. The van der Waals surface area contributed by atoms with E-state index in [1.54, 1.807) is 48.5 Å². The van der Waals surface area contributed by atoms with Gasteiger partial charge in [-0.15, -0.1) is 0 Å². The zero-order valence-electron chi connectivity index (χ0n) is 22.9. The minimum atomic E-state index is -4.36. The molecule has 1 aliphatic rings. The van der Waals surface area contributed by atoms with E-state index in [0.29, 0.717) is 11.6 Å². The molecule has 5 atom stereocenters. The zero-order chi connectivity index (χ0) is 30.6. The summed E-state index contributed by atoms with van der Waals surface area (Å²) in [5.74, 6) is -1.71. The Bertz CT molecular complexity index is 1760. The Kier molecular flexibility index (Phi) is 9.19. The van der Waals surface area contributed by atoms with Gasteiger partial charge in [0.15, 0.2) is 0 Å².